The summed E-state index contributed by atoms with van der Waals surface area (Å²) >= 11 is 1.43. The molecule has 0 radical (unpaired) electrons. The van der Waals surface area contributed by atoms with E-state index in [-0.39, 0.29) is 11.8 Å². The molecule has 30 heavy (non-hydrogen) atoms. The number of benzene rings is 2. The Labute approximate surface area is 178 Å². The highest BCUT2D eigenvalue weighted by Gasteiger charge is 2.34. The number of hydrogen-bond acceptors (Lipinski definition) is 7. The summed E-state index contributed by atoms with van der Waals surface area (Å²) in [4.78, 5) is 26.1. The average Bonchev–Trinajstić information content (AvgIpc) is 3.24. The first kappa shape index (κ1) is 20.0. The fraction of sp³-hybridized carbons (Fsp3) is 0.238. The van der Waals surface area contributed by atoms with Gasteiger partial charge in [-0.2, -0.15) is 0 Å². The molecule has 9 heteroatoms. The van der Waals surface area contributed by atoms with Crippen LogP contribution in [0, 0.1) is 0 Å². The summed E-state index contributed by atoms with van der Waals surface area (Å²) in [7, 11) is 0. The summed E-state index contributed by atoms with van der Waals surface area (Å²) in [5.74, 6) is 7.67. The van der Waals surface area contributed by atoms with Crippen molar-refractivity contribution in [2.24, 2.45) is 0 Å². The Kier molecular flexibility index (Phi) is 5.71. The molecule has 0 saturated heterocycles. The van der Waals surface area contributed by atoms with Gasteiger partial charge in [-0.15, -0.1) is 10.2 Å². The zero-order valence-electron chi connectivity index (χ0n) is 16.4. The molecule has 0 spiro atoms. The van der Waals surface area contributed by atoms with Gasteiger partial charge in [0.15, 0.2) is 5.82 Å². The number of imide groups is 1. The van der Waals surface area contributed by atoms with Crippen molar-refractivity contribution < 1.29 is 14.3 Å². The molecule has 0 saturated carbocycles. The van der Waals surface area contributed by atoms with Crippen LogP contribution in [0.1, 0.15) is 34.1 Å². The lowest BCUT2D eigenvalue weighted by molar-refractivity contribution is 0.0655. The van der Waals surface area contributed by atoms with Gasteiger partial charge in [0.1, 0.15) is 5.75 Å². The summed E-state index contributed by atoms with van der Waals surface area (Å²) in [6.07, 6.45) is 0.626. The van der Waals surface area contributed by atoms with Crippen molar-refractivity contribution in [3.63, 3.8) is 0 Å². The Balaban J connectivity index is 1.33. The third kappa shape index (κ3) is 3.76. The third-order valence-electron chi connectivity index (χ3n) is 4.72. The molecular weight excluding hydrogens is 402 g/mol. The van der Waals surface area contributed by atoms with Crippen LogP contribution in [0.15, 0.2) is 53.7 Å². The number of nitrogens with two attached hydrogens (primary N) is 1. The van der Waals surface area contributed by atoms with Gasteiger partial charge in [0.25, 0.3) is 11.8 Å². The molecule has 3 aromatic rings. The zero-order chi connectivity index (χ0) is 21.1. The number of rotatable bonds is 8. The highest BCUT2D eigenvalue weighted by Crippen LogP contribution is 2.25. The fourth-order valence-electron chi connectivity index (χ4n) is 3.27. The summed E-state index contributed by atoms with van der Waals surface area (Å²) in [6, 6.07) is 14.4. The Morgan fingerprint density at radius 3 is 2.30 bits per heavy atom. The van der Waals surface area contributed by atoms with Crippen LogP contribution >= 0.6 is 11.8 Å². The van der Waals surface area contributed by atoms with E-state index in [9.17, 15) is 9.59 Å². The number of amides is 2. The Bertz CT molecular complexity index is 1050. The molecule has 2 aromatic carbocycles. The molecule has 2 heterocycles. The van der Waals surface area contributed by atoms with Crippen LogP contribution in [0.3, 0.4) is 0 Å². The number of carbonyl (C=O) groups is 2. The van der Waals surface area contributed by atoms with Crippen LogP contribution in [0.5, 0.6) is 5.75 Å². The molecule has 0 aliphatic carbocycles. The number of nitrogens with zero attached hydrogens (tertiary/aromatic N) is 4. The van der Waals surface area contributed by atoms with Crippen molar-refractivity contribution in [3.8, 4) is 17.1 Å². The van der Waals surface area contributed by atoms with Gasteiger partial charge in [-0.3, -0.25) is 14.5 Å². The second kappa shape index (κ2) is 8.58. The highest BCUT2D eigenvalue weighted by atomic mass is 32.2. The predicted molar refractivity (Wildman–Crippen MR) is 114 cm³/mol. The van der Waals surface area contributed by atoms with Crippen molar-refractivity contribution >= 4 is 23.6 Å². The van der Waals surface area contributed by atoms with Gasteiger partial charge in [0.05, 0.1) is 17.7 Å². The molecule has 0 atom stereocenters. The van der Waals surface area contributed by atoms with Crippen molar-refractivity contribution in [3.05, 3.63) is 59.7 Å². The number of nitrogen functional groups attached to an aromatic ring is 1. The third-order valence-corrected chi connectivity index (χ3v) is 5.75. The molecule has 2 N–H and O–H groups in total. The molecule has 1 aromatic heterocycles. The van der Waals surface area contributed by atoms with Crippen LogP contribution < -0.4 is 10.6 Å². The molecule has 0 bridgehead atoms. The lowest BCUT2D eigenvalue weighted by Gasteiger charge is -2.13. The highest BCUT2D eigenvalue weighted by molar-refractivity contribution is 7.99. The molecule has 154 valence electrons. The van der Waals surface area contributed by atoms with Crippen molar-refractivity contribution in [2.45, 2.75) is 18.5 Å². The summed E-state index contributed by atoms with van der Waals surface area (Å²) in [6.45, 7) is 2.89. The largest absolute Gasteiger partial charge is 0.494 e. The first-order chi connectivity index (χ1) is 14.6. The maximum absolute atomic E-state index is 12.4. The number of hydrogen-bond donors (Lipinski definition) is 1. The van der Waals surface area contributed by atoms with Gasteiger partial charge in [-0.1, -0.05) is 23.9 Å². The number of fused-ring (bicyclic) bond motifs is 1. The van der Waals surface area contributed by atoms with Crippen molar-refractivity contribution in [1.29, 1.82) is 0 Å². The number of carbonyl (C=O) groups excluding carboxylic acids is 2. The Morgan fingerprint density at radius 1 is 1.00 bits per heavy atom. The Morgan fingerprint density at radius 2 is 1.67 bits per heavy atom. The lowest BCUT2D eigenvalue weighted by atomic mass is 10.1. The van der Waals surface area contributed by atoms with E-state index < -0.39 is 0 Å². The summed E-state index contributed by atoms with van der Waals surface area (Å²) in [5, 5.41) is 8.90. The normalized spacial score (nSPS) is 13.0. The van der Waals surface area contributed by atoms with Crippen LogP contribution in [-0.2, 0) is 0 Å². The quantitative estimate of drug-likeness (QED) is 0.257. The number of ether oxygens (including phenoxy) is 1. The predicted octanol–water partition coefficient (Wildman–Crippen LogP) is 2.84. The molecule has 1 aliphatic heterocycles. The minimum absolute atomic E-state index is 0.236. The van der Waals surface area contributed by atoms with Gasteiger partial charge in [0, 0.05) is 17.9 Å². The molecule has 0 fully saturated rings. The van der Waals surface area contributed by atoms with Gasteiger partial charge >= 0.3 is 0 Å². The van der Waals surface area contributed by atoms with E-state index in [1.54, 1.807) is 24.3 Å². The molecule has 8 nitrogen and oxygen atoms in total. The molecule has 1 aliphatic rings. The molecule has 2 amide bonds. The first-order valence-electron chi connectivity index (χ1n) is 9.62. The molecule has 0 unspecified atom stereocenters. The summed E-state index contributed by atoms with van der Waals surface area (Å²) < 4.78 is 6.89. The van der Waals surface area contributed by atoms with E-state index >= 15 is 0 Å². The van der Waals surface area contributed by atoms with Gasteiger partial charge in [-0.25, -0.2) is 4.68 Å². The molecular formula is C21H21N5O3S. The maximum Gasteiger partial charge on any atom is 0.261 e. The van der Waals surface area contributed by atoms with E-state index in [0.29, 0.717) is 47.4 Å². The first-order valence-corrected chi connectivity index (χ1v) is 10.6. The standard InChI is InChI=1S/C21H21N5O3S/c1-2-29-15-10-8-14(9-11-15)18-23-24-21(26(18)22)30-13-5-12-25-19(27)16-6-3-4-7-17(16)20(25)28/h3-4,6-11H,2,5,12-13,22H2,1H3. The van der Waals surface area contributed by atoms with E-state index in [1.165, 1.54) is 21.3 Å². The van der Waals surface area contributed by atoms with Crippen LogP contribution in [0.2, 0.25) is 0 Å². The minimum atomic E-state index is -0.236. The monoisotopic (exact) mass is 423 g/mol. The van der Waals surface area contributed by atoms with E-state index in [2.05, 4.69) is 10.2 Å². The topological polar surface area (TPSA) is 103 Å². The van der Waals surface area contributed by atoms with Crippen LogP contribution in [-0.4, -0.2) is 50.5 Å². The van der Waals surface area contributed by atoms with Crippen LogP contribution in [0.4, 0.5) is 0 Å². The fourth-order valence-corrected chi connectivity index (χ4v) is 4.05. The zero-order valence-corrected chi connectivity index (χ0v) is 17.3. The van der Waals surface area contributed by atoms with Crippen molar-refractivity contribution in [1.82, 2.24) is 19.8 Å². The maximum atomic E-state index is 12.4. The van der Waals surface area contributed by atoms with Gasteiger partial charge in [0.2, 0.25) is 5.16 Å². The second-order valence-electron chi connectivity index (χ2n) is 6.64. The average molecular weight is 423 g/mol. The van der Waals surface area contributed by atoms with E-state index in [4.69, 9.17) is 10.6 Å². The lowest BCUT2D eigenvalue weighted by Crippen LogP contribution is -2.31. The van der Waals surface area contributed by atoms with Crippen LogP contribution in [0.25, 0.3) is 11.4 Å². The number of thioether (sulfide) groups is 1. The molecule has 4 rings (SSSR count). The van der Waals surface area contributed by atoms with Gasteiger partial charge < -0.3 is 10.6 Å². The Hall–Kier alpha value is -3.33. The van der Waals surface area contributed by atoms with Gasteiger partial charge in [-0.05, 0) is 49.7 Å². The SMILES string of the molecule is CCOc1ccc(-c2nnc(SCCCN3C(=O)c4ccccc4C3=O)n2N)cc1. The van der Waals surface area contributed by atoms with E-state index in [1.807, 2.05) is 31.2 Å². The second-order valence-corrected chi connectivity index (χ2v) is 7.71. The number of aromatic nitrogens is 3. The summed E-state index contributed by atoms with van der Waals surface area (Å²) in [5.41, 5.74) is 1.78. The smallest absolute Gasteiger partial charge is 0.261 e. The van der Waals surface area contributed by atoms with Crippen molar-refractivity contribution in [2.75, 3.05) is 24.7 Å². The minimum Gasteiger partial charge on any atom is -0.494 e. The van der Waals surface area contributed by atoms with E-state index in [0.717, 1.165) is 11.3 Å².